The number of hydrogen-bond donors (Lipinski definition) is 1. The van der Waals surface area contributed by atoms with E-state index in [2.05, 4.69) is 5.32 Å². The first-order chi connectivity index (χ1) is 5.07. The van der Waals surface area contributed by atoms with Gasteiger partial charge in [0.05, 0.1) is 12.8 Å². The summed E-state index contributed by atoms with van der Waals surface area (Å²) in [5.74, 6) is 0. The Labute approximate surface area is 67.5 Å². The molecule has 0 aromatic carbocycles. The molecular weight excluding hydrogens is 144 g/mol. The molecule has 0 aliphatic heterocycles. The average molecular weight is 160 g/mol. The lowest BCUT2D eigenvalue weighted by Gasteiger charge is -2.17. The van der Waals surface area contributed by atoms with E-state index >= 15 is 0 Å². The second-order valence-electron chi connectivity index (χ2n) is 2.64. The van der Waals surface area contributed by atoms with Crippen LogP contribution in [-0.4, -0.2) is 37.9 Å². The fourth-order valence-corrected chi connectivity index (χ4v) is 0.593. The number of nitrogens with zero attached hydrogens (tertiary/aromatic N) is 1. The van der Waals surface area contributed by atoms with E-state index < -0.39 is 0 Å². The quantitative estimate of drug-likeness (QED) is 0.616. The molecule has 0 heterocycles. The van der Waals surface area contributed by atoms with Crippen LogP contribution in [0, 0.1) is 0 Å². The van der Waals surface area contributed by atoms with Gasteiger partial charge in [0.2, 0.25) is 0 Å². The van der Waals surface area contributed by atoms with Crippen LogP contribution in [0.25, 0.3) is 0 Å². The molecule has 11 heavy (non-hydrogen) atoms. The summed E-state index contributed by atoms with van der Waals surface area (Å²) >= 11 is 0. The topological polar surface area (TPSA) is 41.6 Å². The highest BCUT2D eigenvalue weighted by Gasteiger charge is 2.09. The van der Waals surface area contributed by atoms with Crippen LogP contribution in [0.5, 0.6) is 0 Å². The molecule has 0 radical (unpaired) electrons. The fraction of sp³-hybridized carbons (Fsp3) is 0.857. The molecule has 0 saturated heterocycles. The maximum absolute atomic E-state index is 11.0. The average Bonchev–Trinajstić information content (AvgIpc) is 1.86. The van der Waals surface area contributed by atoms with Crippen LogP contribution < -0.4 is 5.32 Å². The summed E-state index contributed by atoms with van der Waals surface area (Å²) in [6.45, 7) is 4.15. The number of carbonyl (C=O) groups excluding carboxylic acids is 1. The Morgan fingerprint density at radius 1 is 1.64 bits per heavy atom. The summed E-state index contributed by atoms with van der Waals surface area (Å²) in [4.78, 5) is 12.5. The minimum absolute atomic E-state index is 0.0539. The predicted molar refractivity (Wildman–Crippen MR) is 43.3 cm³/mol. The smallest absolute Gasteiger partial charge is 0.410 e. The maximum Gasteiger partial charge on any atom is 0.410 e. The Kier molecular flexibility index (Phi) is 4.61. The van der Waals surface area contributed by atoms with Gasteiger partial charge in [-0.2, -0.15) is 0 Å². The molecule has 0 rings (SSSR count). The van der Waals surface area contributed by atoms with E-state index in [-0.39, 0.29) is 12.2 Å². The summed E-state index contributed by atoms with van der Waals surface area (Å²) in [6.07, 6.45) is -0.351. The molecule has 0 spiro atoms. The normalized spacial score (nSPS) is 9.91. The van der Waals surface area contributed by atoms with Crippen molar-refractivity contribution in [3.05, 3.63) is 0 Å². The highest BCUT2D eigenvalue weighted by Crippen LogP contribution is 1.93. The molecule has 4 nitrogen and oxygen atoms in total. The number of nitrogens with one attached hydrogen (secondary N) is 1. The van der Waals surface area contributed by atoms with Crippen molar-refractivity contribution in [1.29, 1.82) is 0 Å². The summed E-state index contributed by atoms with van der Waals surface area (Å²) in [7, 11) is 3.46. The maximum atomic E-state index is 11.0. The van der Waals surface area contributed by atoms with Crippen LogP contribution in [0.3, 0.4) is 0 Å². The molecular formula is C7H16N2O2. The zero-order valence-corrected chi connectivity index (χ0v) is 7.55. The van der Waals surface area contributed by atoms with Crippen molar-refractivity contribution in [3.8, 4) is 0 Å². The van der Waals surface area contributed by atoms with Crippen molar-refractivity contribution in [2.24, 2.45) is 0 Å². The second kappa shape index (κ2) is 4.96. The van der Waals surface area contributed by atoms with Crippen LogP contribution >= 0.6 is 0 Å². The Morgan fingerprint density at radius 3 is 2.55 bits per heavy atom. The largest absolute Gasteiger partial charge is 0.447 e. The van der Waals surface area contributed by atoms with E-state index in [1.165, 1.54) is 4.90 Å². The van der Waals surface area contributed by atoms with Crippen LogP contribution in [0.4, 0.5) is 4.79 Å². The number of ether oxygens (including phenoxy) is 1. The molecule has 66 valence electrons. The zero-order valence-electron chi connectivity index (χ0n) is 7.55. The van der Waals surface area contributed by atoms with E-state index in [9.17, 15) is 4.79 Å². The van der Waals surface area contributed by atoms with Crippen molar-refractivity contribution in [1.82, 2.24) is 10.2 Å². The SMILES string of the molecule is CNCN(C)C(=O)OC(C)C. The molecule has 0 unspecified atom stereocenters. The Morgan fingerprint density at radius 2 is 2.18 bits per heavy atom. The third-order valence-corrected chi connectivity index (χ3v) is 1.04. The van der Waals surface area contributed by atoms with Crippen molar-refractivity contribution >= 4 is 6.09 Å². The van der Waals surface area contributed by atoms with Gasteiger partial charge in [-0.25, -0.2) is 4.79 Å². The van der Waals surface area contributed by atoms with E-state index in [1.807, 2.05) is 13.8 Å². The van der Waals surface area contributed by atoms with Gasteiger partial charge in [0.1, 0.15) is 0 Å². The molecule has 0 saturated carbocycles. The van der Waals surface area contributed by atoms with Crippen molar-refractivity contribution in [2.75, 3.05) is 20.8 Å². The van der Waals surface area contributed by atoms with Crippen molar-refractivity contribution in [3.63, 3.8) is 0 Å². The van der Waals surface area contributed by atoms with Crippen LogP contribution in [-0.2, 0) is 4.74 Å². The molecule has 0 bridgehead atoms. The summed E-state index contributed by atoms with van der Waals surface area (Å²) in [5, 5.41) is 2.85. The van der Waals surface area contributed by atoms with Gasteiger partial charge in [-0.15, -0.1) is 0 Å². The molecule has 1 amide bonds. The summed E-state index contributed by atoms with van der Waals surface area (Å²) in [5.41, 5.74) is 0. The first kappa shape index (κ1) is 10.2. The van der Waals surface area contributed by atoms with Crippen LogP contribution in [0.1, 0.15) is 13.8 Å². The van der Waals surface area contributed by atoms with E-state index in [0.29, 0.717) is 6.67 Å². The van der Waals surface area contributed by atoms with Gasteiger partial charge in [0, 0.05) is 7.05 Å². The van der Waals surface area contributed by atoms with Gasteiger partial charge in [-0.3, -0.25) is 4.90 Å². The molecule has 4 heteroatoms. The van der Waals surface area contributed by atoms with Gasteiger partial charge in [-0.05, 0) is 20.9 Å². The molecule has 0 atom stereocenters. The van der Waals surface area contributed by atoms with Crippen molar-refractivity contribution in [2.45, 2.75) is 20.0 Å². The molecule has 0 fully saturated rings. The third-order valence-electron chi connectivity index (χ3n) is 1.04. The minimum atomic E-state index is -0.297. The van der Waals surface area contributed by atoms with E-state index in [4.69, 9.17) is 4.74 Å². The Hall–Kier alpha value is -0.770. The van der Waals surface area contributed by atoms with Gasteiger partial charge in [-0.1, -0.05) is 0 Å². The van der Waals surface area contributed by atoms with Gasteiger partial charge < -0.3 is 10.1 Å². The number of rotatable bonds is 3. The van der Waals surface area contributed by atoms with Gasteiger partial charge in [0.15, 0.2) is 0 Å². The lowest BCUT2D eigenvalue weighted by atomic mass is 10.5. The highest BCUT2D eigenvalue weighted by molar-refractivity contribution is 5.67. The standard InChI is InChI=1S/C7H16N2O2/c1-6(2)11-7(10)9(4)5-8-3/h6,8H,5H2,1-4H3. The Balaban J connectivity index is 3.64. The lowest BCUT2D eigenvalue weighted by Crippen LogP contribution is -2.35. The monoisotopic (exact) mass is 160 g/mol. The van der Waals surface area contributed by atoms with Crippen LogP contribution in [0.2, 0.25) is 0 Å². The molecule has 0 aromatic rings. The highest BCUT2D eigenvalue weighted by atomic mass is 16.6. The second-order valence-corrected chi connectivity index (χ2v) is 2.64. The summed E-state index contributed by atoms with van der Waals surface area (Å²) in [6, 6.07) is 0. The first-order valence-electron chi connectivity index (χ1n) is 3.64. The Bertz CT molecular complexity index is 126. The van der Waals surface area contributed by atoms with Crippen LogP contribution in [0.15, 0.2) is 0 Å². The first-order valence-corrected chi connectivity index (χ1v) is 3.64. The van der Waals surface area contributed by atoms with Crippen molar-refractivity contribution < 1.29 is 9.53 Å². The molecule has 0 aliphatic carbocycles. The number of carbonyl (C=O) groups is 1. The lowest BCUT2D eigenvalue weighted by molar-refractivity contribution is 0.0826. The number of hydrogen-bond acceptors (Lipinski definition) is 3. The van der Waals surface area contributed by atoms with Gasteiger partial charge in [0.25, 0.3) is 0 Å². The van der Waals surface area contributed by atoms with Gasteiger partial charge >= 0.3 is 6.09 Å². The number of amides is 1. The third kappa shape index (κ3) is 4.61. The van der Waals surface area contributed by atoms with E-state index in [0.717, 1.165) is 0 Å². The van der Waals surface area contributed by atoms with E-state index in [1.54, 1.807) is 14.1 Å². The zero-order chi connectivity index (χ0) is 8.85. The fourth-order valence-electron chi connectivity index (χ4n) is 0.593. The minimum Gasteiger partial charge on any atom is -0.447 e. The molecule has 0 aliphatic rings. The predicted octanol–water partition coefficient (Wildman–Crippen LogP) is 0.640. The molecule has 0 aromatic heterocycles. The molecule has 1 N–H and O–H groups in total. The summed E-state index contributed by atoms with van der Waals surface area (Å²) < 4.78 is 4.91.